The van der Waals surface area contributed by atoms with Crippen molar-refractivity contribution in [3.8, 4) is 0 Å². The number of anilines is 2. The minimum atomic E-state index is -0.336. The minimum Gasteiger partial charge on any atom is -0.379 e. The van der Waals surface area contributed by atoms with Gasteiger partial charge in [-0.25, -0.2) is 18.9 Å². The topological polar surface area (TPSA) is 72.5 Å². The second-order valence-electron chi connectivity index (χ2n) is 8.28. The molecule has 4 heterocycles. The van der Waals surface area contributed by atoms with Gasteiger partial charge in [0.05, 0.1) is 30.9 Å². The Labute approximate surface area is 196 Å². The standard InChI is InChI=1S/C23H25ClFN7O/c1-15-19(9-16-3-4-17(24)10-20(16)25)23-28-21(27-22-13-30(2)14-26-22)11-18(32(23)29-15)12-31-5-7-33-8-6-31/h3-4,10-11,13-14H,5-9,12H2,1-2H3,(H,27,28). The summed E-state index contributed by atoms with van der Waals surface area (Å²) in [6.45, 7) is 5.78. The van der Waals surface area contributed by atoms with Crippen molar-refractivity contribution in [3.63, 3.8) is 0 Å². The molecule has 5 rings (SSSR count). The first-order valence-corrected chi connectivity index (χ1v) is 11.2. The molecule has 0 unspecified atom stereocenters. The second-order valence-corrected chi connectivity index (χ2v) is 8.72. The van der Waals surface area contributed by atoms with Crippen LogP contribution in [0.2, 0.25) is 5.02 Å². The molecule has 1 N–H and O–H groups in total. The van der Waals surface area contributed by atoms with Gasteiger partial charge in [0.25, 0.3) is 0 Å². The summed E-state index contributed by atoms with van der Waals surface area (Å²) in [6.07, 6.45) is 3.99. The van der Waals surface area contributed by atoms with Crippen molar-refractivity contribution in [2.75, 3.05) is 31.6 Å². The van der Waals surface area contributed by atoms with Gasteiger partial charge in [-0.15, -0.1) is 0 Å². The lowest BCUT2D eigenvalue weighted by atomic mass is 10.0. The highest BCUT2D eigenvalue weighted by Gasteiger charge is 2.20. The van der Waals surface area contributed by atoms with E-state index in [1.54, 1.807) is 18.5 Å². The summed E-state index contributed by atoms with van der Waals surface area (Å²) >= 11 is 5.94. The Hall–Kier alpha value is -3.01. The SMILES string of the molecule is Cc1nn2c(CN3CCOCC3)cc(Nc3cn(C)cn3)nc2c1Cc1ccc(Cl)cc1F. The van der Waals surface area contributed by atoms with E-state index in [1.165, 1.54) is 6.07 Å². The third kappa shape index (κ3) is 4.71. The second kappa shape index (κ2) is 9.09. The first-order valence-electron chi connectivity index (χ1n) is 10.8. The van der Waals surface area contributed by atoms with E-state index in [1.807, 2.05) is 35.3 Å². The summed E-state index contributed by atoms with van der Waals surface area (Å²) in [5.41, 5.74) is 3.94. The van der Waals surface area contributed by atoms with Crippen molar-refractivity contribution in [2.24, 2.45) is 7.05 Å². The predicted molar refractivity (Wildman–Crippen MR) is 125 cm³/mol. The molecule has 172 valence electrons. The fourth-order valence-corrected chi connectivity index (χ4v) is 4.22. The highest BCUT2D eigenvalue weighted by atomic mass is 35.5. The number of halogens is 2. The van der Waals surface area contributed by atoms with Gasteiger partial charge in [0.15, 0.2) is 5.65 Å². The maximum atomic E-state index is 14.6. The summed E-state index contributed by atoms with van der Waals surface area (Å²) in [4.78, 5) is 11.5. The van der Waals surface area contributed by atoms with Gasteiger partial charge in [-0.3, -0.25) is 4.90 Å². The molecule has 0 amide bonds. The number of hydrogen-bond donors (Lipinski definition) is 1. The number of rotatable bonds is 6. The van der Waals surface area contributed by atoms with Crippen LogP contribution in [0.5, 0.6) is 0 Å². The smallest absolute Gasteiger partial charge is 0.161 e. The molecule has 1 saturated heterocycles. The average Bonchev–Trinajstić information content (AvgIpc) is 3.33. The van der Waals surface area contributed by atoms with Crippen LogP contribution in [0.3, 0.4) is 0 Å². The van der Waals surface area contributed by atoms with Crippen LogP contribution in [0.1, 0.15) is 22.5 Å². The summed E-state index contributed by atoms with van der Waals surface area (Å²) in [6, 6.07) is 6.75. The monoisotopic (exact) mass is 469 g/mol. The molecule has 0 saturated carbocycles. The third-order valence-electron chi connectivity index (χ3n) is 5.79. The number of ether oxygens (including phenoxy) is 1. The number of imidazole rings is 1. The van der Waals surface area contributed by atoms with Gasteiger partial charge in [0, 0.05) is 56.0 Å². The maximum Gasteiger partial charge on any atom is 0.161 e. The van der Waals surface area contributed by atoms with Crippen LogP contribution in [-0.4, -0.2) is 55.4 Å². The number of morpholine rings is 1. The Bertz CT molecular complexity index is 1300. The number of aromatic nitrogens is 5. The zero-order valence-corrected chi connectivity index (χ0v) is 19.3. The first kappa shape index (κ1) is 21.8. The van der Waals surface area contributed by atoms with E-state index < -0.39 is 0 Å². The molecule has 3 aromatic heterocycles. The Morgan fingerprint density at radius 1 is 1.18 bits per heavy atom. The van der Waals surface area contributed by atoms with Crippen molar-refractivity contribution in [3.05, 3.63) is 70.1 Å². The lowest BCUT2D eigenvalue weighted by molar-refractivity contribution is 0.0334. The highest BCUT2D eigenvalue weighted by molar-refractivity contribution is 6.30. The largest absolute Gasteiger partial charge is 0.379 e. The summed E-state index contributed by atoms with van der Waals surface area (Å²) in [5, 5.41) is 8.44. The van der Waals surface area contributed by atoms with Crippen molar-refractivity contribution in [1.82, 2.24) is 29.0 Å². The van der Waals surface area contributed by atoms with Gasteiger partial charge in [0.2, 0.25) is 0 Å². The summed E-state index contributed by atoms with van der Waals surface area (Å²) < 4.78 is 23.8. The van der Waals surface area contributed by atoms with E-state index in [0.717, 1.165) is 30.0 Å². The third-order valence-corrected chi connectivity index (χ3v) is 6.03. The predicted octanol–water partition coefficient (Wildman–Crippen LogP) is 3.73. The lowest BCUT2D eigenvalue weighted by Crippen LogP contribution is -2.36. The molecule has 1 aliphatic heterocycles. The summed E-state index contributed by atoms with van der Waals surface area (Å²) in [7, 11) is 1.91. The molecule has 1 fully saturated rings. The number of aryl methyl sites for hydroxylation is 2. The molecule has 0 bridgehead atoms. The van der Waals surface area contributed by atoms with Crippen molar-refractivity contribution >= 4 is 28.9 Å². The lowest BCUT2D eigenvalue weighted by Gasteiger charge is -2.26. The van der Waals surface area contributed by atoms with Crippen LogP contribution in [0, 0.1) is 12.7 Å². The van der Waals surface area contributed by atoms with E-state index in [-0.39, 0.29) is 5.82 Å². The van der Waals surface area contributed by atoms with E-state index in [4.69, 9.17) is 26.4 Å². The Morgan fingerprint density at radius 2 is 2.00 bits per heavy atom. The maximum absolute atomic E-state index is 14.6. The quantitative estimate of drug-likeness (QED) is 0.464. The van der Waals surface area contributed by atoms with Crippen LogP contribution in [0.15, 0.2) is 36.8 Å². The molecule has 0 atom stereocenters. The average molecular weight is 470 g/mol. The molecular formula is C23H25ClFN7O. The molecule has 1 aliphatic rings. The minimum absolute atomic E-state index is 0.336. The number of benzene rings is 1. The Morgan fingerprint density at radius 3 is 2.73 bits per heavy atom. The van der Waals surface area contributed by atoms with Crippen LogP contribution in [0.4, 0.5) is 16.0 Å². The van der Waals surface area contributed by atoms with Gasteiger partial charge in [-0.05, 0) is 24.6 Å². The van der Waals surface area contributed by atoms with E-state index in [0.29, 0.717) is 54.0 Å². The molecule has 0 radical (unpaired) electrons. The van der Waals surface area contributed by atoms with Crippen LogP contribution >= 0.6 is 11.6 Å². The van der Waals surface area contributed by atoms with Gasteiger partial charge < -0.3 is 14.6 Å². The number of nitrogens with one attached hydrogen (secondary N) is 1. The Balaban J connectivity index is 1.57. The van der Waals surface area contributed by atoms with Gasteiger partial charge >= 0.3 is 0 Å². The molecular weight excluding hydrogens is 445 g/mol. The van der Waals surface area contributed by atoms with Crippen LogP contribution in [-0.2, 0) is 24.8 Å². The zero-order chi connectivity index (χ0) is 22.9. The fourth-order valence-electron chi connectivity index (χ4n) is 4.06. The van der Waals surface area contributed by atoms with E-state index in [9.17, 15) is 4.39 Å². The summed E-state index contributed by atoms with van der Waals surface area (Å²) in [5.74, 6) is 1.04. The van der Waals surface area contributed by atoms with Crippen molar-refractivity contribution < 1.29 is 9.13 Å². The number of nitrogens with zero attached hydrogens (tertiary/aromatic N) is 6. The van der Waals surface area contributed by atoms with Gasteiger partial charge in [0.1, 0.15) is 17.5 Å². The molecule has 10 heteroatoms. The fraction of sp³-hybridized carbons (Fsp3) is 0.348. The highest BCUT2D eigenvalue weighted by Crippen LogP contribution is 2.25. The molecule has 1 aromatic carbocycles. The van der Waals surface area contributed by atoms with Crippen molar-refractivity contribution in [1.29, 1.82) is 0 Å². The normalized spacial score (nSPS) is 14.8. The van der Waals surface area contributed by atoms with Crippen molar-refractivity contribution in [2.45, 2.75) is 19.9 Å². The number of hydrogen-bond acceptors (Lipinski definition) is 6. The van der Waals surface area contributed by atoms with Gasteiger partial charge in [-0.1, -0.05) is 17.7 Å². The van der Waals surface area contributed by atoms with Crippen LogP contribution < -0.4 is 5.32 Å². The first-order chi connectivity index (χ1) is 16.0. The zero-order valence-electron chi connectivity index (χ0n) is 18.6. The molecule has 0 spiro atoms. The Kier molecular flexibility index (Phi) is 6.01. The molecule has 8 nitrogen and oxygen atoms in total. The van der Waals surface area contributed by atoms with Crippen LogP contribution in [0.25, 0.3) is 5.65 Å². The van der Waals surface area contributed by atoms with E-state index in [2.05, 4.69) is 15.2 Å². The molecule has 33 heavy (non-hydrogen) atoms. The van der Waals surface area contributed by atoms with Gasteiger partial charge in [-0.2, -0.15) is 5.10 Å². The molecule has 4 aromatic rings. The van der Waals surface area contributed by atoms with E-state index >= 15 is 0 Å². The molecule has 0 aliphatic carbocycles. The number of fused-ring (bicyclic) bond motifs is 1.